The van der Waals surface area contributed by atoms with E-state index in [1.54, 1.807) is 0 Å². The van der Waals surface area contributed by atoms with E-state index in [0.29, 0.717) is 19.9 Å². The number of alkyl halides is 3. The number of carbonyl (C=O) groups is 1. The largest absolute Gasteiger partial charge is 0.421 e. The lowest BCUT2D eigenvalue weighted by molar-refractivity contribution is -0.258. The maximum Gasteiger partial charge on any atom is 0.421 e. The van der Waals surface area contributed by atoms with Gasteiger partial charge in [-0.2, -0.15) is 13.2 Å². The summed E-state index contributed by atoms with van der Waals surface area (Å²) in [7, 11) is 0. The Morgan fingerprint density at radius 1 is 1.04 bits per heavy atom. The summed E-state index contributed by atoms with van der Waals surface area (Å²) in [5.74, 6) is -0.371. The van der Waals surface area contributed by atoms with Crippen LogP contribution in [-0.4, -0.2) is 23.7 Å². The van der Waals surface area contributed by atoms with Gasteiger partial charge in [-0.15, -0.1) is 0 Å². The molecule has 2 aromatic rings. The topological polar surface area (TPSA) is 49.3 Å². The third kappa shape index (κ3) is 4.14. The third-order valence-corrected chi connectivity index (χ3v) is 3.80. The van der Waals surface area contributed by atoms with Crippen molar-refractivity contribution in [2.45, 2.75) is 25.1 Å². The molecule has 0 bridgehead atoms. The molecule has 0 aliphatic rings. The first-order valence-electron chi connectivity index (χ1n) is 7.43. The second kappa shape index (κ2) is 7.05. The van der Waals surface area contributed by atoms with Crippen molar-refractivity contribution in [2.75, 3.05) is 6.54 Å². The number of nitrogens with one attached hydrogen (secondary N) is 1. The molecule has 0 saturated carbocycles. The van der Waals surface area contributed by atoms with E-state index in [0.717, 1.165) is 17.7 Å². The minimum Gasteiger partial charge on any atom is -0.376 e. The Labute approximate surface area is 138 Å². The molecule has 0 heterocycles. The predicted octanol–water partition coefficient (Wildman–Crippen LogP) is 3.43. The van der Waals surface area contributed by atoms with E-state index < -0.39 is 11.8 Å². The molecule has 128 valence electrons. The normalized spacial score (nSPS) is 14.0. The molecule has 2 rings (SSSR count). The van der Waals surface area contributed by atoms with Crippen molar-refractivity contribution in [3.05, 3.63) is 71.3 Å². The Kier molecular flexibility index (Phi) is 5.29. The highest BCUT2D eigenvalue weighted by molar-refractivity contribution is 5.94. The number of hydrogen-bond acceptors (Lipinski definition) is 2. The van der Waals surface area contributed by atoms with Crippen molar-refractivity contribution >= 4 is 5.91 Å². The van der Waals surface area contributed by atoms with Crippen molar-refractivity contribution in [3.63, 3.8) is 0 Å². The standard InChI is InChI=1S/C18H18F3NO2/c1-17(24,18(19,20)21)15-9-7-14(8-10-15)16(23)22-12-11-13-5-3-2-4-6-13/h2-10,24H,11-12H2,1H3,(H,22,23). The Bertz CT molecular complexity index is 680. The zero-order valence-electron chi connectivity index (χ0n) is 13.1. The van der Waals surface area contributed by atoms with Crippen LogP contribution >= 0.6 is 0 Å². The van der Waals surface area contributed by atoms with Gasteiger partial charge < -0.3 is 10.4 Å². The molecule has 2 N–H and O–H groups in total. The fraction of sp³-hybridized carbons (Fsp3) is 0.278. The summed E-state index contributed by atoms with van der Waals surface area (Å²) < 4.78 is 38.3. The van der Waals surface area contributed by atoms with Crippen LogP contribution in [0.3, 0.4) is 0 Å². The van der Waals surface area contributed by atoms with Crippen LogP contribution in [0.1, 0.15) is 28.4 Å². The van der Waals surface area contributed by atoms with Crippen molar-refractivity contribution in [1.82, 2.24) is 5.32 Å². The highest BCUT2D eigenvalue weighted by Crippen LogP contribution is 2.38. The molecule has 0 saturated heterocycles. The molecule has 1 unspecified atom stereocenters. The maximum atomic E-state index is 12.8. The summed E-state index contributed by atoms with van der Waals surface area (Å²) in [6.45, 7) is 1.10. The van der Waals surface area contributed by atoms with Crippen LogP contribution in [0.5, 0.6) is 0 Å². The fourth-order valence-corrected chi connectivity index (χ4v) is 2.18. The number of aliphatic hydroxyl groups is 1. The molecule has 1 amide bonds. The first-order chi connectivity index (χ1) is 11.2. The third-order valence-electron chi connectivity index (χ3n) is 3.80. The Balaban J connectivity index is 1.96. The van der Waals surface area contributed by atoms with Gasteiger partial charge in [0.2, 0.25) is 0 Å². The highest BCUT2D eigenvalue weighted by Gasteiger charge is 2.51. The molecule has 1 atom stereocenters. The fourth-order valence-electron chi connectivity index (χ4n) is 2.18. The zero-order valence-corrected chi connectivity index (χ0v) is 13.1. The van der Waals surface area contributed by atoms with Crippen molar-refractivity contribution in [1.29, 1.82) is 0 Å². The summed E-state index contributed by atoms with van der Waals surface area (Å²) in [5.41, 5.74) is -1.94. The molecular formula is C18H18F3NO2. The minimum absolute atomic E-state index is 0.241. The molecule has 3 nitrogen and oxygen atoms in total. The lowest BCUT2D eigenvalue weighted by atomic mass is 9.94. The number of rotatable bonds is 5. The molecule has 24 heavy (non-hydrogen) atoms. The lowest BCUT2D eigenvalue weighted by Crippen LogP contribution is -2.39. The van der Waals surface area contributed by atoms with Gasteiger partial charge >= 0.3 is 6.18 Å². The van der Waals surface area contributed by atoms with Gasteiger partial charge in [-0.3, -0.25) is 4.79 Å². The van der Waals surface area contributed by atoms with Gasteiger partial charge in [0, 0.05) is 12.1 Å². The van der Waals surface area contributed by atoms with E-state index in [4.69, 9.17) is 0 Å². The van der Waals surface area contributed by atoms with Crippen LogP contribution in [0.25, 0.3) is 0 Å². The van der Waals surface area contributed by atoms with Gasteiger partial charge in [0.1, 0.15) is 0 Å². The zero-order chi connectivity index (χ0) is 17.8. The molecule has 0 spiro atoms. The summed E-state index contributed by atoms with van der Waals surface area (Å²) in [6.07, 6.45) is -4.13. The van der Waals surface area contributed by atoms with Crippen LogP contribution in [0.15, 0.2) is 54.6 Å². The number of amides is 1. The van der Waals surface area contributed by atoms with E-state index in [1.165, 1.54) is 12.1 Å². The quantitative estimate of drug-likeness (QED) is 0.878. The average molecular weight is 337 g/mol. The number of hydrogen-bond donors (Lipinski definition) is 2. The molecule has 0 radical (unpaired) electrons. The van der Waals surface area contributed by atoms with Crippen molar-refractivity contribution in [2.24, 2.45) is 0 Å². The van der Waals surface area contributed by atoms with Crippen molar-refractivity contribution < 1.29 is 23.1 Å². The second-order valence-electron chi connectivity index (χ2n) is 5.64. The summed E-state index contributed by atoms with van der Waals surface area (Å²) in [6, 6.07) is 14.4. The molecule has 0 aliphatic heterocycles. The maximum absolute atomic E-state index is 12.8. The SMILES string of the molecule is CC(O)(c1ccc(C(=O)NCCc2ccccc2)cc1)C(F)(F)F. The second-order valence-corrected chi connectivity index (χ2v) is 5.64. The number of carbonyl (C=O) groups excluding carboxylic acids is 1. The van der Waals surface area contributed by atoms with Gasteiger partial charge in [-0.1, -0.05) is 42.5 Å². The van der Waals surface area contributed by atoms with Gasteiger partial charge in [-0.05, 0) is 36.6 Å². The summed E-state index contributed by atoms with van der Waals surface area (Å²) in [4.78, 5) is 12.0. The molecule has 2 aromatic carbocycles. The van der Waals surface area contributed by atoms with E-state index in [2.05, 4.69) is 5.32 Å². The first kappa shape index (κ1) is 18.0. The van der Waals surface area contributed by atoms with Crippen LogP contribution in [0, 0.1) is 0 Å². The average Bonchev–Trinajstić information content (AvgIpc) is 2.55. The van der Waals surface area contributed by atoms with Crippen LogP contribution in [0.4, 0.5) is 13.2 Å². The molecule has 0 aliphatic carbocycles. The van der Waals surface area contributed by atoms with E-state index in [9.17, 15) is 23.1 Å². The van der Waals surface area contributed by atoms with E-state index in [-0.39, 0.29) is 17.0 Å². The molecule has 0 aromatic heterocycles. The van der Waals surface area contributed by atoms with Crippen molar-refractivity contribution in [3.8, 4) is 0 Å². The predicted molar refractivity (Wildman–Crippen MR) is 84.5 cm³/mol. The molecule has 6 heteroatoms. The van der Waals surface area contributed by atoms with E-state index in [1.807, 2.05) is 30.3 Å². The van der Waals surface area contributed by atoms with E-state index >= 15 is 0 Å². The lowest BCUT2D eigenvalue weighted by Gasteiger charge is -2.26. The Morgan fingerprint density at radius 2 is 1.62 bits per heavy atom. The summed E-state index contributed by atoms with van der Waals surface area (Å²) in [5, 5.41) is 12.3. The van der Waals surface area contributed by atoms with Crippen LogP contribution < -0.4 is 5.32 Å². The van der Waals surface area contributed by atoms with Gasteiger partial charge in [0.25, 0.3) is 5.91 Å². The monoisotopic (exact) mass is 337 g/mol. The Hall–Kier alpha value is -2.34. The van der Waals surface area contributed by atoms with Gasteiger partial charge in [0.15, 0.2) is 5.60 Å². The highest BCUT2D eigenvalue weighted by atomic mass is 19.4. The molecular weight excluding hydrogens is 319 g/mol. The Morgan fingerprint density at radius 3 is 2.17 bits per heavy atom. The summed E-state index contributed by atoms with van der Waals surface area (Å²) >= 11 is 0. The van der Waals surface area contributed by atoms with Crippen LogP contribution in [0.2, 0.25) is 0 Å². The van der Waals surface area contributed by atoms with Gasteiger partial charge in [0.05, 0.1) is 0 Å². The smallest absolute Gasteiger partial charge is 0.376 e. The minimum atomic E-state index is -4.79. The number of halogens is 3. The van der Waals surface area contributed by atoms with Crippen LogP contribution in [-0.2, 0) is 12.0 Å². The number of benzene rings is 2. The first-order valence-corrected chi connectivity index (χ1v) is 7.43. The molecule has 0 fully saturated rings. The van der Waals surface area contributed by atoms with Gasteiger partial charge in [-0.25, -0.2) is 0 Å².